The minimum absolute atomic E-state index is 0.149. The number of aliphatic hydroxyl groups is 1. The molecule has 2 heterocycles. The van der Waals surface area contributed by atoms with Crippen LogP contribution in [0.4, 0.5) is 10.2 Å². The van der Waals surface area contributed by atoms with Crippen LogP contribution in [-0.2, 0) is 13.0 Å². The van der Waals surface area contributed by atoms with Crippen molar-refractivity contribution in [3.05, 3.63) is 76.8 Å². The Labute approximate surface area is 181 Å². The minimum atomic E-state index is -0.244. The van der Waals surface area contributed by atoms with Gasteiger partial charge in [-0.05, 0) is 73.9 Å². The molecule has 1 aromatic carbocycles. The van der Waals surface area contributed by atoms with E-state index in [4.69, 9.17) is 16.6 Å². The van der Waals surface area contributed by atoms with Crippen LogP contribution in [0, 0.1) is 11.7 Å². The van der Waals surface area contributed by atoms with Gasteiger partial charge in [0.05, 0.1) is 16.8 Å². The molecular formula is C24H25ClFN3O. The van der Waals surface area contributed by atoms with Gasteiger partial charge in [-0.15, -0.1) is 0 Å². The molecule has 0 saturated heterocycles. The highest BCUT2D eigenvalue weighted by Gasteiger charge is 2.20. The minimum Gasteiger partial charge on any atom is -0.393 e. The van der Waals surface area contributed by atoms with Crippen molar-refractivity contribution in [2.45, 2.75) is 44.8 Å². The topological polar surface area (TPSA) is 58.0 Å². The van der Waals surface area contributed by atoms with Crippen LogP contribution in [0.15, 0.2) is 54.7 Å². The molecular weight excluding hydrogens is 401 g/mol. The van der Waals surface area contributed by atoms with Crippen molar-refractivity contribution in [3.8, 4) is 11.3 Å². The molecule has 1 aliphatic rings. The van der Waals surface area contributed by atoms with Crippen LogP contribution in [0.1, 0.15) is 36.9 Å². The summed E-state index contributed by atoms with van der Waals surface area (Å²) in [6.45, 7) is 0.555. The lowest BCUT2D eigenvalue weighted by Crippen LogP contribution is -2.19. The molecule has 1 aliphatic carbocycles. The summed E-state index contributed by atoms with van der Waals surface area (Å²) < 4.78 is 13.1. The number of aromatic nitrogens is 2. The first-order valence-electron chi connectivity index (χ1n) is 10.3. The van der Waals surface area contributed by atoms with Crippen molar-refractivity contribution in [1.29, 1.82) is 0 Å². The first-order valence-corrected chi connectivity index (χ1v) is 10.7. The summed E-state index contributed by atoms with van der Waals surface area (Å²) >= 11 is 6.44. The van der Waals surface area contributed by atoms with Crippen LogP contribution in [0.2, 0.25) is 5.02 Å². The summed E-state index contributed by atoms with van der Waals surface area (Å²) in [7, 11) is 0. The fourth-order valence-electron chi connectivity index (χ4n) is 3.91. The lowest BCUT2D eigenvalue weighted by molar-refractivity contribution is 0.108. The first kappa shape index (κ1) is 20.8. The lowest BCUT2D eigenvalue weighted by Gasteiger charge is -2.25. The maximum atomic E-state index is 13.1. The Kier molecular flexibility index (Phi) is 6.60. The number of hydrogen-bond acceptors (Lipinski definition) is 4. The largest absolute Gasteiger partial charge is 0.393 e. The zero-order valence-corrected chi connectivity index (χ0v) is 17.4. The Hall–Kier alpha value is -2.50. The van der Waals surface area contributed by atoms with Gasteiger partial charge in [0.25, 0.3) is 0 Å². The van der Waals surface area contributed by atoms with Gasteiger partial charge in [0.2, 0.25) is 0 Å². The van der Waals surface area contributed by atoms with E-state index >= 15 is 0 Å². The van der Waals surface area contributed by atoms with E-state index in [-0.39, 0.29) is 11.9 Å². The molecule has 6 heteroatoms. The average molecular weight is 426 g/mol. The van der Waals surface area contributed by atoms with Gasteiger partial charge in [-0.3, -0.25) is 4.98 Å². The molecule has 4 rings (SSSR count). The normalized spacial score (nSPS) is 18.9. The third-order valence-electron chi connectivity index (χ3n) is 5.64. The number of rotatable bonds is 6. The number of nitrogens with one attached hydrogen (secondary N) is 1. The summed E-state index contributed by atoms with van der Waals surface area (Å²) in [6, 6.07) is 14.2. The fourth-order valence-corrected chi connectivity index (χ4v) is 4.11. The fraction of sp³-hybridized carbons (Fsp3) is 0.333. The number of halogens is 2. The molecule has 2 N–H and O–H groups in total. The van der Waals surface area contributed by atoms with E-state index < -0.39 is 0 Å². The third-order valence-corrected chi connectivity index (χ3v) is 5.94. The van der Waals surface area contributed by atoms with E-state index in [0.29, 0.717) is 17.5 Å². The second-order valence-electron chi connectivity index (χ2n) is 7.92. The van der Waals surface area contributed by atoms with Crippen LogP contribution in [0.25, 0.3) is 11.3 Å². The molecule has 0 aliphatic heterocycles. The summed E-state index contributed by atoms with van der Waals surface area (Å²) in [5, 5.41) is 13.6. The number of benzene rings is 1. The van der Waals surface area contributed by atoms with Crippen molar-refractivity contribution in [1.82, 2.24) is 9.97 Å². The van der Waals surface area contributed by atoms with Crippen LogP contribution in [0.3, 0.4) is 0 Å². The highest BCUT2D eigenvalue weighted by molar-refractivity contribution is 6.33. The van der Waals surface area contributed by atoms with Crippen molar-refractivity contribution < 1.29 is 9.50 Å². The summed E-state index contributed by atoms with van der Waals surface area (Å²) in [4.78, 5) is 9.22. The number of hydrogen-bond donors (Lipinski definition) is 2. The second kappa shape index (κ2) is 9.54. The van der Waals surface area contributed by atoms with Gasteiger partial charge in [-0.2, -0.15) is 0 Å². The molecule has 30 heavy (non-hydrogen) atoms. The zero-order valence-electron chi connectivity index (χ0n) is 16.7. The number of anilines is 1. The van der Waals surface area contributed by atoms with Crippen LogP contribution >= 0.6 is 11.6 Å². The van der Waals surface area contributed by atoms with Crippen molar-refractivity contribution in [2.75, 3.05) is 5.32 Å². The molecule has 1 saturated carbocycles. The maximum absolute atomic E-state index is 13.1. The average Bonchev–Trinajstić information content (AvgIpc) is 2.76. The molecule has 0 amide bonds. The first-order chi connectivity index (χ1) is 14.6. The quantitative estimate of drug-likeness (QED) is 0.536. The maximum Gasteiger partial charge on any atom is 0.126 e. The van der Waals surface area contributed by atoms with Crippen molar-refractivity contribution in [2.24, 2.45) is 5.92 Å². The highest BCUT2D eigenvalue weighted by atomic mass is 35.5. The van der Waals surface area contributed by atoms with Gasteiger partial charge in [0.1, 0.15) is 11.6 Å². The smallest absolute Gasteiger partial charge is 0.126 e. The molecule has 156 valence electrons. The molecule has 0 spiro atoms. The second-order valence-corrected chi connectivity index (χ2v) is 8.33. The number of pyridine rings is 2. The Balaban J connectivity index is 1.47. The SMILES string of the molecule is OC1CCC(Cc2cc(-c3cccc(NCc4ccc(F)cc4)n3)c(Cl)cn2)CC1. The third kappa shape index (κ3) is 5.35. The van der Waals surface area contributed by atoms with E-state index in [2.05, 4.69) is 10.3 Å². The van der Waals surface area contributed by atoms with E-state index in [0.717, 1.165) is 60.4 Å². The van der Waals surface area contributed by atoms with Crippen LogP contribution in [0.5, 0.6) is 0 Å². The molecule has 3 aromatic rings. The zero-order chi connectivity index (χ0) is 20.9. The predicted molar refractivity (Wildman–Crippen MR) is 118 cm³/mol. The molecule has 4 nitrogen and oxygen atoms in total. The highest BCUT2D eigenvalue weighted by Crippen LogP contribution is 2.31. The Morgan fingerprint density at radius 1 is 1.07 bits per heavy atom. The van der Waals surface area contributed by atoms with Crippen molar-refractivity contribution >= 4 is 17.4 Å². The van der Waals surface area contributed by atoms with Gasteiger partial charge >= 0.3 is 0 Å². The van der Waals surface area contributed by atoms with Crippen molar-refractivity contribution in [3.63, 3.8) is 0 Å². The van der Waals surface area contributed by atoms with E-state index in [1.807, 2.05) is 24.3 Å². The molecule has 0 radical (unpaired) electrons. The van der Waals surface area contributed by atoms with Gasteiger partial charge in [-0.25, -0.2) is 9.37 Å². The van der Waals surface area contributed by atoms with Gasteiger partial charge in [-0.1, -0.05) is 29.8 Å². The van der Waals surface area contributed by atoms with E-state index in [1.165, 1.54) is 12.1 Å². The Morgan fingerprint density at radius 2 is 1.83 bits per heavy atom. The molecule has 1 fully saturated rings. The van der Waals surface area contributed by atoms with Crippen LogP contribution < -0.4 is 5.32 Å². The van der Waals surface area contributed by atoms with Gasteiger partial charge in [0.15, 0.2) is 0 Å². The Morgan fingerprint density at radius 3 is 2.60 bits per heavy atom. The van der Waals surface area contributed by atoms with Gasteiger partial charge in [0, 0.05) is 24.0 Å². The number of aliphatic hydroxyl groups excluding tert-OH is 1. The van der Waals surface area contributed by atoms with E-state index in [1.54, 1.807) is 18.3 Å². The van der Waals surface area contributed by atoms with E-state index in [9.17, 15) is 9.50 Å². The molecule has 0 bridgehead atoms. The molecule has 0 atom stereocenters. The Bertz CT molecular complexity index is 988. The summed E-state index contributed by atoms with van der Waals surface area (Å²) in [5.74, 6) is 1.03. The standard InChI is InChI=1S/C24H25ClFN3O/c25-22-15-27-19(12-16-6-10-20(30)11-7-16)13-21(22)23-2-1-3-24(29-23)28-14-17-4-8-18(26)9-5-17/h1-5,8-9,13,15-16,20,30H,6-7,10-12,14H2,(H,28,29). The van der Waals surface area contributed by atoms with Gasteiger partial charge < -0.3 is 10.4 Å². The molecule has 2 aromatic heterocycles. The summed E-state index contributed by atoms with van der Waals surface area (Å²) in [6.07, 6.45) is 6.24. The predicted octanol–water partition coefficient (Wildman–Crippen LogP) is 5.64. The lowest BCUT2D eigenvalue weighted by atomic mass is 9.84. The number of nitrogens with zero attached hydrogens (tertiary/aromatic N) is 2. The monoisotopic (exact) mass is 425 g/mol. The van der Waals surface area contributed by atoms with Crippen LogP contribution in [-0.4, -0.2) is 21.2 Å². The summed E-state index contributed by atoms with van der Waals surface area (Å²) in [5.41, 5.74) is 3.63. The molecule has 0 unspecified atom stereocenters.